The van der Waals surface area contributed by atoms with Crippen LogP contribution in [0.25, 0.3) is 0 Å². The van der Waals surface area contributed by atoms with Gasteiger partial charge in [-0.05, 0) is 30.5 Å². The van der Waals surface area contributed by atoms with E-state index in [-0.39, 0.29) is 5.92 Å². The number of aryl methyl sites for hydroxylation is 1. The maximum atomic E-state index is 13.9. The molecule has 0 aliphatic heterocycles. The van der Waals surface area contributed by atoms with Gasteiger partial charge in [-0.3, -0.25) is 9.36 Å². The minimum absolute atomic E-state index is 0.259. The lowest BCUT2D eigenvalue weighted by molar-refractivity contribution is 0.0948. The zero-order chi connectivity index (χ0) is 20.7. The van der Waals surface area contributed by atoms with E-state index < -0.39 is 40.6 Å². The number of hydrogen-bond donors (Lipinski definition) is 0. The molecule has 146 valence electrons. The van der Waals surface area contributed by atoms with Crippen LogP contribution in [-0.2, 0) is 0 Å². The number of halogens is 5. The van der Waals surface area contributed by atoms with Crippen molar-refractivity contribution < 1.29 is 26.7 Å². The molecule has 0 aliphatic rings. The molecule has 0 fully saturated rings. The minimum Gasteiger partial charge on any atom is -0.272 e. The molecule has 3 aromatic rings. The number of hydrogen-bond acceptors (Lipinski definition) is 2. The Morgan fingerprint density at radius 1 is 0.964 bits per heavy atom. The normalized spacial score (nSPS) is 12.3. The molecule has 0 amide bonds. The summed E-state index contributed by atoms with van der Waals surface area (Å²) < 4.78 is 68.4. The van der Waals surface area contributed by atoms with Crippen molar-refractivity contribution in [2.45, 2.75) is 26.7 Å². The van der Waals surface area contributed by atoms with Gasteiger partial charge in [0.25, 0.3) is 5.91 Å². The first-order valence-electron chi connectivity index (χ1n) is 8.31. The molecule has 0 saturated carbocycles. The first-order valence-corrected chi connectivity index (χ1v) is 8.31. The molecule has 1 heterocycles. The number of rotatable bonds is 3. The number of carbonyl (C=O) groups is 1. The fraction of sp³-hybridized carbons (Fsp3) is 0.200. The van der Waals surface area contributed by atoms with E-state index in [0.717, 1.165) is 23.0 Å². The Labute approximate surface area is 157 Å². The molecular formula is C20H15F5N2O. The molecule has 8 heteroatoms. The lowest BCUT2D eigenvalue weighted by atomic mass is 9.92. The van der Waals surface area contributed by atoms with Gasteiger partial charge in [-0.15, -0.1) is 0 Å². The van der Waals surface area contributed by atoms with E-state index >= 15 is 0 Å². The molecule has 0 aliphatic carbocycles. The average molecular weight is 394 g/mol. The van der Waals surface area contributed by atoms with Crippen LogP contribution in [-0.4, -0.2) is 15.5 Å². The van der Waals surface area contributed by atoms with Crippen LogP contribution in [0, 0.1) is 42.9 Å². The van der Waals surface area contributed by atoms with E-state index in [1.54, 1.807) is 0 Å². The summed E-state index contributed by atoms with van der Waals surface area (Å²) in [6, 6.07) is 5.69. The molecule has 1 unspecified atom stereocenters. The van der Waals surface area contributed by atoms with Crippen molar-refractivity contribution in [3.05, 3.63) is 87.8 Å². The lowest BCUT2D eigenvalue weighted by Crippen LogP contribution is -2.18. The van der Waals surface area contributed by atoms with Gasteiger partial charge >= 0.3 is 0 Å². The van der Waals surface area contributed by atoms with Crippen LogP contribution < -0.4 is 0 Å². The Morgan fingerprint density at radius 3 is 2.14 bits per heavy atom. The second kappa shape index (κ2) is 7.18. The van der Waals surface area contributed by atoms with Crippen molar-refractivity contribution in [3.63, 3.8) is 0 Å². The van der Waals surface area contributed by atoms with Crippen molar-refractivity contribution in [1.29, 1.82) is 0 Å². The number of benzene rings is 2. The van der Waals surface area contributed by atoms with Crippen molar-refractivity contribution in [1.82, 2.24) is 9.55 Å². The van der Waals surface area contributed by atoms with E-state index in [1.165, 1.54) is 6.20 Å². The molecule has 0 saturated heterocycles. The van der Waals surface area contributed by atoms with Gasteiger partial charge in [-0.2, -0.15) is 0 Å². The lowest BCUT2D eigenvalue weighted by Gasteiger charge is -2.14. The number of aromatic nitrogens is 2. The summed E-state index contributed by atoms with van der Waals surface area (Å²) in [7, 11) is 0. The highest BCUT2D eigenvalue weighted by Gasteiger charge is 2.30. The molecule has 28 heavy (non-hydrogen) atoms. The Bertz CT molecular complexity index is 1060. The summed E-state index contributed by atoms with van der Waals surface area (Å²) in [6.45, 7) is 5.70. The quantitative estimate of drug-likeness (QED) is 0.355. The largest absolute Gasteiger partial charge is 0.272 e. The van der Waals surface area contributed by atoms with Gasteiger partial charge in [0.05, 0.1) is 5.69 Å². The third-order valence-corrected chi connectivity index (χ3v) is 4.82. The molecular weight excluding hydrogens is 379 g/mol. The summed E-state index contributed by atoms with van der Waals surface area (Å²) in [4.78, 5) is 16.5. The van der Waals surface area contributed by atoms with E-state index in [0.29, 0.717) is 10.3 Å². The molecule has 0 bridgehead atoms. The molecule has 1 aromatic heterocycles. The van der Waals surface area contributed by atoms with Crippen LogP contribution in [0.5, 0.6) is 0 Å². The number of imidazole rings is 1. The standard InChI is InChI=1S/C20H15F5N2O/c1-9-5-4-6-12(10(9)2)11(3)13-7-27(8-26-13)20(28)14-15(21)17(23)19(25)18(24)16(14)22/h4-8,11H,1-3H3. The second-order valence-electron chi connectivity index (χ2n) is 6.47. The zero-order valence-corrected chi connectivity index (χ0v) is 15.2. The van der Waals surface area contributed by atoms with Gasteiger partial charge in [0, 0.05) is 12.1 Å². The first kappa shape index (κ1) is 19.7. The maximum Gasteiger partial charge on any atom is 0.269 e. The van der Waals surface area contributed by atoms with E-state index in [9.17, 15) is 26.7 Å². The summed E-state index contributed by atoms with van der Waals surface area (Å²) >= 11 is 0. The maximum absolute atomic E-state index is 13.9. The van der Waals surface area contributed by atoms with Crippen molar-refractivity contribution in [3.8, 4) is 0 Å². The summed E-state index contributed by atoms with van der Waals surface area (Å²) in [5, 5.41) is 0. The highest BCUT2D eigenvalue weighted by atomic mass is 19.2. The topological polar surface area (TPSA) is 34.9 Å². The van der Waals surface area contributed by atoms with Gasteiger partial charge in [0.2, 0.25) is 5.82 Å². The van der Waals surface area contributed by atoms with Crippen LogP contribution in [0.2, 0.25) is 0 Å². The highest BCUT2D eigenvalue weighted by Crippen LogP contribution is 2.28. The van der Waals surface area contributed by atoms with Crippen molar-refractivity contribution in [2.24, 2.45) is 0 Å². The molecule has 3 nitrogen and oxygen atoms in total. The number of nitrogens with zero attached hydrogens (tertiary/aromatic N) is 2. The van der Waals surface area contributed by atoms with Crippen LogP contribution >= 0.6 is 0 Å². The minimum atomic E-state index is -2.32. The fourth-order valence-corrected chi connectivity index (χ4v) is 3.00. The van der Waals surface area contributed by atoms with E-state index in [2.05, 4.69) is 4.98 Å². The molecule has 3 rings (SSSR count). The third kappa shape index (κ3) is 3.08. The van der Waals surface area contributed by atoms with Gasteiger partial charge in [-0.25, -0.2) is 26.9 Å². The van der Waals surface area contributed by atoms with Crippen LogP contribution in [0.1, 0.15) is 45.6 Å². The van der Waals surface area contributed by atoms with Gasteiger partial charge in [0.1, 0.15) is 11.9 Å². The van der Waals surface area contributed by atoms with Gasteiger partial charge in [0.15, 0.2) is 23.3 Å². The average Bonchev–Trinajstić information content (AvgIpc) is 3.16. The summed E-state index contributed by atoms with van der Waals surface area (Å²) in [5.74, 6) is -12.7. The van der Waals surface area contributed by atoms with Crippen molar-refractivity contribution >= 4 is 5.91 Å². The smallest absolute Gasteiger partial charge is 0.269 e. The van der Waals surface area contributed by atoms with Crippen LogP contribution in [0.4, 0.5) is 22.0 Å². The molecule has 0 N–H and O–H groups in total. The van der Waals surface area contributed by atoms with Crippen LogP contribution in [0.3, 0.4) is 0 Å². The van der Waals surface area contributed by atoms with Gasteiger partial charge in [-0.1, -0.05) is 25.1 Å². The number of carbonyl (C=O) groups excluding carboxylic acids is 1. The zero-order valence-electron chi connectivity index (χ0n) is 15.2. The summed E-state index contributed by atoms with van der Waals surface area (Å²) in [6.07, 6.45) is 2.20. The Hall–Kier alpha value is -3.03. The summed E-state index contributed by atoms with van der Waals surface area (Å²) in [5.41, 5.74) is 1.90. The predicted molar refractivity (Wildman–Crippen MR) is 91.6 cm³/mol. The van der Waals surface area contributed by atoms with E-state index in [1.807, 2.05) is 39.0 Å². The SMILES string of the molecule is Cc1cccc(C(C)c2cn(C(=O)c3c(F)c(F)c(F)c(F)c3F)cn2)c1C. The first-order chi connectivity index (χ1) is 13.1. The Kier molecular flexibility index (Phi) is 5.06. The van der Waals surface area contributed by atoms with Crippen molar-refractivity contribution in [2.75, 3.05) is 0 Å². The highest BCUT2D eigenvalue weighted by molar-refractivity contribution is 5.96. The third-order valence-electron chi connectivity index (χ3n) is 4.82. The van der Waals surface area contributed by atoms with Gasteiger partial charge < -0.3 is 0 Å². The van der Waals surface area contributed by atoms with E-state index in [4.69, 9.17) is 0 Å². The molecule has 0 radical (unpaired) electrons. The molecule has 1 atom stereocenters. The Morgan fingerprint density at radius 2 is 1.54 bits per heavy atom. The fourth-order valence-electron chi connectivity index (χ4n) is 3.00. The predicted octanol–water partition coefficient (Wildman–Crippen LogP) is 5.04. The monoisotopic (exact) mass is 394 g/mol. The molecule has 0 spiro atoms. The second-order valence-corrected chi connectivity index (χ2v) is 6.47. The molecule has 2 aromatic carbocycles. The van der Waals surface area contributed by atoms with Crippen LogP contribution in [0.15, 0.2) is 30.7 Å². The Balaban J connectivity index is 2.01.